The maximum atomic E-state index is 12.2. The molecule has 1 amide bonds. The first-order valence-electron chi connectivity index (χ1n) is 6.83. The number of pyridine rings is 2. The van der Waals surface area contributed by atoms with E-state index in [1.165, 1.54) is 31.0 Å². The molecule has 7 heteroatoms. The van der Waals surface area contributed by atoms with Crippen LogP contribution in [0.3, 0.4) is 0 Å². The van der Waals surface area contributed by atoms with Gasteiger partial charge in [0.15, 0.2) is 5.75 Å². The lowest BCUT2D eigenvalue weighted by Crippen LogP contribution is -2.14. The molecule has 3 aromatic heterocycles. The molecule has 3 aromatic rings. The molecule has 0 radical (unpaired) electrons. The average Bonchev–Trinajstić information content (AvgIpc) is 2.58. The number of amides is 1. The lowest BCUT2D eigenvalue weighted by atomic mass is 10.3. The molecule has 0 aliphatic heterocycles. The van der Waals surface area contributed by atoms with Gasteiger partial charge in [-0.3, -0.25) is 9.78 Å². The number of rotatable bonds is 4. The molecule has 0 spiro atoms. The zero-order chi connectivity index (χ0) is 16.1. The van der Waals surface area contributed by atoms with Crippen molar-refractivity contribution in [1.29, 1.82) is 0 Å². The van der Waals surface area contributed by atoms with E-state index in [4.69, 9.17) is 4.74 Å². The number of hydrogen-bond acceptors (Lipinski definition) is 6. The molecular weight excluding hydrogens is 294 g/mol. The quantitative estimate of drug-likeness (QED) is 0.797. The van der Waals surface area contributed by atoms with Gasteiger partial charge in [0.1, 0.15) is 23.6 Å². The SMILES string of the molecule is Cc1ccc(NC(=O)c2cc(Oc3cncnc3)ccn2)nc1. The second-order valence-electron chi connectivity index (χ2n) is 4.73. The molecule has 0 unspecified atom stereocenters. The van der Waals surface area contributed by atoms with E-state index in [9.17, 15) is 4.79 Å². The molecule has 0 fully saturated rings. The lowest BCUT2D eigenvalue weighted by molar-refractivity contribution is 0.102. The van der Waals surface area contributed by atoms with E-state index in [2.05, 4.69) is 25.3 Å². The fourth-order valence-electron chi connectivity index (χ4n) is 1.80. The Morgan fingerprint density at radius 3 is 2.61 bits per heavy atom. The molecule has 0 atom stereocenters. The highest BCUT2D eigenvalue weighted by atomic mass is 16.5. The van der Waals surface area contributed by atoms with Crippen LogP contribution in [0, 0.1) is 6.92 Å². The normalized spacial score (nSPS) is 10.1. The fraction of sp³-hybridized carbons (Fsp3) is 0.0625. The number of carbonyl (C=O) groups is 1. The molecule has 0 aliphatic carbocycles. The summed E-state index contributed by atoms with van der Waals surface area (Å²) in [4.78, 5) is 28.1. The fourth-order valence-corrected chi connectivity index (χ4v) is 1.80. The highest BCUT2D eigenvalue weighted by Gasteiger charge is 2.10. The summed E-state index contributed by atoms with van der Waals surface area (Å²) >= 11 is 0. The summed E-state index contributed by atoms with van der Waals surface area (Å²) < 4.78 is 5.57. The number of carbonyl (C=O) groups excluding carboxylic acids is 1. The van der Waals surface area contributed by atoms with Crippen LogP contribution in [0.25, 0.3) is 0 Å². The number of anilines is 1. The number of hydrogen-bond donors (Lipinski definition) is 1. The van der Waals surface area contributed by atoms with Crippen LogP contribution in [0.2, 0.25) is 0 Å². The monoisotopic (exact) mass is 307 g/mol. The smallest absolute Gasteiger partial charge is 0.275 e. The number of aryl methyl sites for hydroxylation is 1. The molecule has 0 saturated heterocycles. The maximum absolute atomic E-state index is 12.2. The van der Waals surface area contributed by atoms with Crippen molar-refractivity contribution in [1.82, 2.24) is 19.9 Å². The van der Waals surface area contributed by atoms with Crippen LogP contribution in [0.15, 0.2) is 55.4 Å². The van der Waals surface area contributed by atoms with Gasteiger partial charge < -0.3 is 10.1 Å². The van der Waals surface area contributed by atoms with Crippen molar-refractivity contribution in [2.45, 2.75) is 6.92 Å². The standard InChI is InChI=1S/C16H13N5O2/c1-11-2-3-15(20-7-11)21-16(22)14-6-12(4-5-19-14)23-13-8-17-10-18-9-13/h2-10H,1H3,(H,20,21,22). The van der Waals surface area contributed by atoms with Crippen LogP contribution in [-0.4, -0.2) is 25.8 Å². The van der Waals surface area contributed by atoms with Gasteiger partial charge in [0.2, 0.25) is 0 Å². The van der Waals surface area contributed by atoms with Crippen molar-refractivity contribution in [2.24, 2.45) is 0 Å². The van der Waals surface area contributed by atoms with E-state index in [1.54, 1.807) is 18.3 Å². The second-order valence-corrected chi connectivity index (χ2v) is 4.73. The number of ether oxygens (including phenoxy) is 1. The van der Waals surface area contributed by atoms with Crippen LogP contribution in [0.5, 0.6) is 11.5 Å². The molecule has 0 saturated carbocycles. The van der Waals surface area contributed by atoms with Gasteiger partial charge in [-0.1, -0.05) is 6.07 Å². The zero-order valence-corrected chi connectivity index (χ0v) is 12.3. The van der Waals surface area contributed by atoms with Crippen LogP contribution in [0.4, 0.5) is 5.82 Å². The van der Waals surface area contributed by atoms with Crippen molar-refractivity contribution in [2.75, 3.05) is 5.32 Å². The van der Waals surface area contributed by atoms with Gasteiger partial charge in [-0.15, -0.1) is 0 Å². The number of nitrogens with one attached hydrogen (secondary N) is 1. The van der Waals surface area contributed by atoms with Crippen LogP contribution < -0.4 is 10.1 Å². The summed E-state index contributed by atoms with van der Waals surface area (Å²) in [5, 5.41) is 2.68. The lowest BCUT2D eigenvalue weighted by Gasteiger charge is -2.07. The van der Waals surface area contributed by atoms with Crippen LogP contribution in [-0.2, 0) is 0 Å². The Hall–Kier alpha value is -3.35. The van der Waals surface area contributed by atoms with Crippen molar-refractivity contribution >= 4 is 11.7 Å². The predicted molar refractivity (Wildman–Crippen MR) is 83.3 cm³/mol. The molecule has 0 aliphatic rings. The average molecular weight is 307 g/mol. The van der Waals surface area contributed by atoms with Crippen molar-refractivity contribution in [3.8, 4) is 11.5 Å². The summed E-state index contributed by atoms with van der Waals surface area (Å²) in [6.45, 7) is 1.92. The topological polar surface area (TPSA) is 89.9 Å². The molecule has 3 heterocycles. The minimum atomic E-state index is -0.365. The Kier molecular flexibility index (Phi) is 4.19. The Balaban J connectivity index is 1.73. The molecular formula is C16H13N5O2. The van der Waals surface area contributed by atoms with Crippen molar-refractivity contribution in [3.63, 3.8) is 0 Å². The van der Waals surface area contributed by atoms with Crippen LogP contribution >= 0.6 is 0 Å². The molecule has 1 N–H and O–H groups in total. The van der Waals surface area contributed by atoms with Gasteiger partial charge in [0, 0.05) is 18.5 Å². The van der Waals surface area contributed by atoms with E-state index in [1.807, 2.05) is 13.0 Å². The Morgan fingerprint density at radius 1 is 1.04 bits per heavy atom. The molecule has 114 valence electrons. The summed E-state index contributed by atoms with van der Waals surface area (Å²) in [6, 6.07) is 6.78. The first-order valence-corrected chi connectivity index (χ1v) is 6.83. The van der Waals surface area contributed by atoms with E-state index >= 15 is 0 Å². The van der Waals surface area contributed by atoms with Gasteiger partial charge in [-0.25, -0.2) is 15.0 Å². The largest absolute Gasteiger partial charge is 0.454 e. The van der Waals surface area contributed by atoms with Crippen molar-refractivity contribution < 1.29 is 9.53 Å². The Labute approximate surface area is 132 Å². The molecule has 0 aromatic carbocycles. The van der Waals surface area contributed by atoms with Gasteiger partial charge >= 0.3 is 0 Å². The number of nitrogens with zero attached hydrogens (tertiary/aromatic N) is 4. The third-order valence-electron chi connectivity index (χ3n) is 2.89. The first kappa shape index (κ1) is 14.6. The summed E-state index contributed by atoms with van der Waals surface area (Å²) in [6.07, 6.45) is 7.65. The number of aromatic nitrogens is 4. The zero-order valence-electron chi connectivity index (χ0n) is 12.3. The third-order valence-corrected chi connectivity index (χ3v) is 2.89. The molecule has 23 heavy (non-hydrogen) atoms. The van der Waals surface area contributed by atoms with Gasteiger partial charge in [0.25, 0.3) is 5.91 Å². The summed E-state index contributed by atoms with van der Waals surface area (Å²) in [7, 11) is 0. The van der Waals surface area contributed by atoms with Gasteiger partial charge in [-0.05, 0) is 24.6 Å². The van der Waals surface area contributed by atoms with Crippen molar-refractivity contribution in [3.05, 3.63) is 66.6 Å². The Bertz CT molecular complexity index is 806. The Morgan fingerprint density at radius 2 is 1.87 bits per heavy atom. The molecule has 0 bridgehead atoms. The van der Waals surface area contributed by atoms with E-state index in [0.717, 1.165) is 5.56 Å². The predicted octanol–water partition coefficient (Wildman–Crippen LogP) is 2.62. The third kappa shape index (κ3) is 3.85. The van der Waals surface area contributed by atoms with E-state index < -0.39 is 0 Å². The minimum absolute atomic E-state index is 0.224. The first-order chi connectivity index (χ1) is 11.2. The van der Waals surface area contributed by atoms with Gasteiger partial charge in [0.05, 0.1) is 12.4 Å². The minimum Gasteiger partial charge on any atom is -0.454 e. The van der Waals surface area contributed by atoms with Gasteiger partial charge in [-0.2, -0.15) is 0 Å². The highest BCUT2D eigenvalue weighted by molar-refractivity contribution is 6.02. The summed E-state index contributed by atoms with van der Waals surface area (Å²) in [5.41, 5.74) is 1.24. The molecule has 7 nitrogen and oxygen atoms in total. The van der Waals surface area contributed by atoms with E-state index in [-0.39, 0.29) is 11.6 Å². The maximum Gasteiger partial charge on any atom is 0.275 e. The summed E-state index contributed by atoms with van der Waals surface area (Å²) in [5.74, 6) is 1.04. The van der Waals surface area contributed by atoms with Crippen LogP contribution in [0.1, 0.15) is 16.1 Å². The van der Waals surface area contributed by atoms with E-state index in [0.29, 0.717) is 17.3 Å². The highest BCUT2D eigenvalue weighted by Crippen LogP contribution is 2.19. The molecule has 3 rings (SSSR count). The second kappa shape index (κ2) is 6.61.